The first-order valence-electron chi connectivity index (χ1n) is 9.86. The van der Waals surface area contributed by atoms with E-state index in [1.807, 2.05) is 11.3 Å². The van der Waals surface area contributed by atoms with E-state index < -0.39 is 0 Å². The summed E-state index contributed by atoms with van der Waals surface area (Å²) < 4.78 is 0. The highest BCUT2D eigenvalue weighted by Gasteiger charge is 2.27. The van der Waals surface area contributed by atoms with Gasteiger partial charge in [-0.05, 0) is 73.1 Å². The Morgan fingerprint density at radius 2 is 1.85 bits per heavy atom. The molecule has 2 aromatic heterocycles. The van der Waals surface area contributed by atoms with Crippen LogP contribution in [-0.2, 0) is 25.7 Å². The van der Waals surface area contributed by atoms with Crippen molar-refractivity contribution in [1.29, 1.82) is 0 Å². The number of rotatable bonds is 2. The predicted octanol–water partition coefficient (Wildman–Crippen LogP) is 6.78. The molecule has 1 unspecified atom stereocenters. The van der Waals surface area contributed by atoms with E-state index in [1.54, 1.807) is 16.0 Å². The van der Waals surface area contributed by atoms with E-state index in [0.29, 0.717) is 0 Å². The van der Waals surface area contributed by atoms with E-state index in [9.17, 15) is 0 Å². The number of hydrogen-bond acceptors (Lipinski definition) is 2. The highest BCUT2D eigenvalue weighted by molar-refractivity contribution is 7.19. The molecule has 0 fully saturated rings. The number of nitrogens with zero attached hydrogens (tertiary/aromatic N) is 1. The Morgan fingerprint density at radius 3 is 2.65 bits per heavy atom. The lowest BCUT2D eigenvalue weighted by Gasteiger charge is -2.26. The van der Waals surface area contributed by atoms with Crippen molar-refractivity contribution in [3.8, 4) is 11.1 Å². The fourth-order valence-corrected chi connectivity index (χ4v) is 6.09. The first-order chi connectivity index (χ1) is 12.3. The molecular formula is C23H26ClNS. The Kier molecular flexibility index (Phi) is 5.07. The summed E-state index contributed by atoms with van der Waals surface area (Å²) in [6.45, 7) is 2.34. The van der Waals surface area contributed by atoms with Crippen LogP contribution in [0, 0.1) is 5.92 Å². The SMILES string of the molecule is CCC1CCc2nc3sc4c(c3c(-c3ccccc3)c2C1)CCCC4.Cl. The molecule has 136 valence electrons. The van der Waals surface area contributed by atoms with Gasteiger partial charge < -0.3 is 0 Å². The summed E-state index contributed by atoms with van der Waals surface area (Å²) in [6, 6.07) is 11.1. The Balaban J connectivity index is 0.00000168. The zero-order valence-electron chi connectivity index (χ0n) is 15.4. The number of pyridine rings is 1. The summed E-state index contributed by atoms with van der Waals surface area (Å²) >= 11 is 1.98. The molecule has 1 atom stereocenters. The fourth-order valence-electron chi connectivity index (χ4n) is 4.80. The zero-order chi connectivity index (χ0) is 16.8. The van der Waals surface area contributed by atoms with Gasteiger partial charge in [-0.3, -0.25) is 0 Å². The zero-order valence-corrected chi connectivity index (χ0v) is 17.0. The van der Waals surface area contributed by atoms with Crippen LogP contribution in [-0.4, -0.2) is 4.98 Å². The second kappa shape index (κ2) is 7.32. The number of hydrogen-bond donors (Lipinski definition) is 0. The third-order valence-corrected chi connectivity index (χ3v) is 7.40. The van der Waals surface area contributed by atoms with E-state index in [2.05, 4.69) is 37.3 Å². The van der Waals surface area contributed by atoms with Gasteiger partial charge in [0.25, 0.3) is 0 Å². The highest BCUT2D eigenvalue weighted by Crippen LogP contribution is 2.45. The molecule has 3 aromatic rings. The van der Waals surface area contributed by atoms with Crippen LogP contribution in [0.3, 0.4) is 0 Å². The molecule has 2 heterocycles. The van der Waals surface area contributed by atoms with Crippen LogP contribution in [0.5, 0.6) is 0 Å². The Morgan fingerprint density at radius 1 is 1.04 bits per heavy atom. The molecule has 2 aliphatic carbocycles. The minimum atomic E-state index is 0. The molecule has 0 saturated carbocycles. The van der Waals surface area contributed by atoms with Crippen molar-refractivity contribution >= 4 is 34.0 Å². The molecule has 0 N–H and O–H groups in total. The third-order valence-electron chi connectivity index (χ3n) is 6.21. The molecule has 0 aliphatic heterocycles. The van der Waals surface area contributed by atoms with Gasteiger partial charge in [-0.2, -0.15) is 0 Å². The Labute approximate surface area is 166 Å². The number of halogens is 1. The van der Waals surface area contributed by atoms with Crippen molar-refractivity contribution in [2.45, 2.75) is 58.3 Å². The van der Waals surface area contributed by atoms with Crippen LogP contribution in [0.25, 0.3) is 21.3 Å². The largest absolute Gasteiger partial charge is 0.242 e. The van der Waals surface area contributed by atoms with Crippen molar-refractivity contribution in [3.63, 3.8) is 0 Å². The number of aromatic nitrogens is 1. The molecule has 0 bridgehead atoms. The van der Waals surface area contributed by atoms with E-state index in [-0.39, 0.29) is 12.4 Å². The lowest BCUT2D eigenvalue weighted by molar-refractivity contribution is 0.441. The summed E-state index contributed by atoms with van der Waals surface area (Å²) in [7, 11) is 0. The minimum absolute atomic E-state index is 0. The van der Waals surface area contributed by atoms with Crippen LogP contribution < -0.4 is 0 Å². The normalized spacial score (nSPS) is 18.9. The van der Waals surface area contributed by atoms with E-state index >= 15 is 0 Å². The van der Waals surface area contributed by atoms with E-state index in [4.69, 9.17) is 4.98 Å². The van der Waals surface area contributed by atoms with Gasteiger partial charge >= 0.3 is 0 Å². The topological polar surface area (TPSA) is 12.9 Å². The predicted molar refractivity (Wildman–Crippen MR) is 115 cm³/mol. The van der Waals surface area contributed by atoms with Crippen molar-refractivity contribution < 1.29 is 0 Å². The molecule has 5 rings (SSSR count). The highest BCUT2D eigenvalue weighted by atomic mass is 35.5. The van der Waals surface area contributed by atoms with Crippen molar-refractivity contribution in [3.05, 3.63) is 52.0 Å². The van der Waals surface area contributed by atoms with Gasteiger partial charge in [0, 0.05) is 16.0 Å². The van der Waals surface area contributed by atoms with Crippen molar-refractivity contribution in [2.75, 3.05) is 0 Å². The quantitative estimate of drug-likeness (QED) is 0.475. The standard InChI is InChI=1S/C23H25NS.ClH/c1-2-15-12-13-19-18(14-15)21(16-8-4-3-5-9-16)22-17-10-6-7-11-20(17)25-23(22)24-19;/h3-5,8-9,15H,2,6-7,10-14H2,1H3;1H. The average Bonchev–Trinajstić information content (AvgIpc) is 3.04. The second-order valence-corrected chi connectivity index (χ2v) is 8.77. The van der Waals surface area contributed by atoms with Crippen molar-refractivity contribution in [1.82, 2.24) is 4.98 Å². The number of benzene rings is 1. The van der Waals surface area contributed by atoms with E-state index in [0.717, 1.165) is 12.3 Å². The van der Waals surface area contributed by atoms with Gasteiger partial charge in [-0.1, -0.05) is 43.7 Å². The first-order valence-corrected chi connectivity index (χ1v) is 10.7. The fraction of sp³-hybridized carbons (Fsp3) is 0.435. The van der Waals surface area contributed by atoms with Crippen LogP contribution in [0.15, 0.2) is 30.3 Å². The Hall–Kier alpha value is -1.38. The first kappa shape index (κ1) is 18.0. The van der Waals surface area contributed by atoms with Gasteiger partial charge in [0.2, 0.25) is 0 Å². The lowest BCUT2D eigenvalue weighted by atomic mass is 9.80. The summed E-state index contributed by atoms with van der Waals surface area (Å²) in [6.07, 6.45) is 10.1. The van der Waals surface area contributed by atoms with Crippen LogP contribution in [0.2, 0.25) is 0 Å². The maximum atomic E-state index is 5.19. The summed E-state index contributed by atoms with van der Waals surface area (Å²) in [5.41, 5.74) is 7.49. The molecule has 3 heteroatoms. The number of thiophene rings is 1. The lowest BCUT2D eigenvalue weighted by Crippen LogP contribution is -2.16. The molecule has 1 aromatic carbocycles. The molecule has 2 aliphatic rings. The second-order valence-electron chi connectivity index (χ2n) is 7.69. The van der Waals surface area contributed by atoms with Crippen LogP contribution in [0.1, 0.15) is 54.3 Å². The smallest absolute Gasteiger partial charge is 0.124 e. The number of fused-ring (bicyclic) bond motifs is 4. The Bertz CT molecular complexity index is 929. The molecule has 26 heavy (non-hydrogen) atoms. The summed E-state index contributed by atoms with van der Waals surface area (Å²) in [5, 5.41) is 1.50. The average molecular weight is 384 g/mol. The molecule has 0 amide bonds. The maximum Gasteiger partial charge on any atom is 0.124 e. The van der Waals surface area contributed by atoms with Crippen LogP contribution >= 0.6 is 23.7 Å². The van der Waals surface area contributed by atoms with E-state index in [1.165, 1.54) is 72.0 Å². The van der Waals surface area contributed by atoms with Gasteiger partial charge in [0.1, 0.15) is 4.83 Å². The molecule has 0 saturated heterocycles. The van der Waals surface area contributed by atoms with Gasteiger partial charge in [-0.25, -0.2) is 4.98 Å². The molecule has 0 radical (unpaired) electrons. The summed E-state index contributed by atoms with van der Waals surface area (Å²) in [4.78, 5) is 8.11. The van der Waals surface area contributed by atoms with Gasteiger partial charge in [0.05, 0.1) is 0 Å². The minimum Gasteiger partial charge on any atom is -0.242 e. The molecule has 0 spiro atoms. The molecular weight excluding hydrogens is 358 g/mol. The summed E-state index contributed by atoms with van der Waals surface area (Å²) in [5.74, 6) is 0.823. The van der Waals surface area contributed by atoms with Gasteiger partial charge in [-0.15, -0.1) is 23.7 Å². The third kappa shape index (κ3) is 2.88. The number of aryl methyl sites for hydroxylation is 3. The molecule has 1 nitrogen and oxygen atoms in total. The van der Waals surface area contributed by atoms with Crippen molar-refractivity contribution in [2.24, 2.45) is 5.92 Å². The maximum absolute atomic E-state index is 5.19. The van der Waals surface area contributed by atoms with Gasteiger partial charge in [0.15, 0.2) is 0 Å². The van der Waals surface area contributed by atoms with Crippen LogP contribution in [0.4, 0.5) is 0 Å². The monoisotopic (exact) mass is 383 g/mol.